The number of carboxylic acid groups (broad SMARTS) is 1. The van der Waals surface area contributed by atoms with Crippen LogP contribution in [0.25, 0.3) is 0 Å². The number of piperidine rings is 1. The van der Waals surface area contributed by atoms with Crippen LogP contribution in [0.1, 0.15) is 46.0 Å². The Morgan fingerprint density at radius 2 is 2.00 bits per heavy atom. The molecule has 20 heavy (non-hydrogen) atoms. The van der Waals surface area contributed by atoms with Gasteiger partial charge in [-0.1, -0.05) is 13.3 Å². The van der Waals surface area contributed by atoms with Gasteiger partial charge in [-0.25, -0.2) is 0 Å². The predicted octanol–water partition coefficient (Wildman–Crippen LogP) is 1.90. The van der Waals surface area contributed by atoms with Crippen LogP contribution >= 0.6 is 0 Å². The molecule has 0 aromatic rings. The summed E-state index contributed by atoms with van der Waals surface area (Å²) >= 11 is 0. The Labute approximate surface area is 120 Å². The Morgan fingerprint density at radius 3 is 2.45 bits per heavy atom. The van der Waals surface area contributed by atoms with Crippen LogP contribution in [0, 0.1) is 11.3 Å². The first kappa shape index (κ1) is 15.3. The molecule has 2 fully saturated rings. The summed E-state index contributed by atoms with van der Waals surface area (Å²) in [4.78, 5) is 25.8. The van der Waals surface area contributed by atoms with E-state index in [-0.39, 0.29) is 17.9 Å². The van der Waals surface area contributed by atoms with Crippen molar-refractivity contribution in [2.45, 2.75) is 52.1 Å². The first-order valence-corrected chi connectivity index (χ1v) is 7.64. The summed E-state index contributed by atoms with van der Waals surface area (Å²) in [5, 5.41) is 9.47. The largest absolute Gasteiger partial charge is 0.481 e. The molecule has 2 saturated heterocycles. The molecule has 0 saturated carbocycles. The van der Waals surface area contributed by atoms with Crippen molar-refractivity contribution in [3.05, 3.63) is 0 Å². The molecule has 2 rings (SSSR count). The summed E-state index contributed by atoms with van der Waals surface area (Å²) in [6.45, 7) is 5.74. The third-order valence-corrected chi connectivity index (χ3v) is 4.91. The van der Waals surface area contributed by atoms with E-state index in [4.69, 9.17) is 4.74 Å². The molecule has 0 spiro atoms. The molecule has 5 heteroatoms. The van der Waals surface area contributed by atoms with Crippen LogP contribution in [-0.2, 0) is 14.3 Å². The van der Waals surface area contributed by atoms with Gasteiger partial charge in [0, 0.05) is 19.7 Å². The van der Waals surface area contributed by atoms with Gasteiger partial charge in [-0.05, 0) is 32.6 Å². The number of carbonyl (C=O) groups is 2. The molecule has 2 unspecified atom stereocenters. The van der Waals surface area contributed by atoms with Crippen molar-refractivity contribution in [1.29, 1.82) is 0 Å². The zero-order chi connectivity index (χ0) is 14.8. The molecular formula is C15H25NO4. The number of amides is 1. The molecule has 1 N–H and O–H groups in total. The van der Waals surface area contributed by atoms with Crippen LogP contribution in [0.3, 0.4) is 0 Å². The number of hydrogen-bond donors (Lipinski definition) is 1. The maximum absolute atomic E-state index is 12.4. The molecule has 0 bridgehead atoms. The van der Waals surface area contributed by atoms with Gasteiger partial charge in [0.25, 0.3) is 0 Å². The van der Waals surface area contributed by atoms with E-state index in [1.165, 1.54) is 0 Å². The molecular weight excluding hydrogens is 258 g/mol. The molecule has 1 amide bonds. The van der Waals surface area contributed by atoms with E-state index >= 15 is 0 Å². The highest BCUT2D eigenvalue weighted by atomic mass is 16.5. The third kappa shape index (κ3) is 2.82. The topological polar surface area (TPSA) is 66.8 Å². The lowest BCUT2D eigenvalue weighted by molar-refractivity contribution is -0.156. The van der Waals surface area contributed by atoms with E-state index in [2.05, 4.69) is 0 Å². The highest BCUT2D eigenvalue weighted by Gasteiger charge is 2.43. The van der Waals surface area contributed by atoms with Crippen LogP contribution in [0.5, 0.6) is 0 Å². The lowest BCUT2D eigenvalue weighted by Gasteiger charge is -2.39. The number of nitrogens with zero attached hydrogens (tertiary/aromatic N) is 1. The van der Waals surface area contributed by atoms with Crippen molar-refractivity contribution in [1.82, 2.24) is 4.90 Å². The van der Waals surface area contributed by atoms with E-state index in [0.29, 0.717) is 39.0 Å². The minimum absolute atomic E-state index is 0.00991. The molecule has 114 valence electrons. The molecule has 2 atom stereocenters. The van der Waals surface area contributed by atoms with Crippen molar-refractivity contribution in [3.63, 3.8) is 0 Å². The lowest BCUT2D eigenvalue weighted by atomic mass is 9.75. The molecule has 5 nitrogen and oxygen atoms in total. The van der Waals surface area contributed by atoms with E-state index in [9.17, 15) is 14.7 Å². The predicted molar refractivity (Wildman–Crippen MR) is 74.3 cm³/mol. The lowest BCUT2D eigenvalue weighted by Crippen LogP contribution is -2.48. The zero-order valence-corrected chi connectivity index (χ0v) is 12.4. The number of hydrogen-bond acceptors (Lipinski definition) is 3. The molecule has 0 aromatic carbocycles. The minimum atomic E-state index is -0.705. The Bertz CT molecular complexity index is 374. The highest BCUT2D eigenvalue weighted by molar-refractivity contribution is 5.80. The second kappa shape index (κ2) is 6.12. The number of likely N-dealkylation sites (tertiary alicyclic amines) is 1. The number of ether oxygens (including phenoxy) is 1. The first-order valence-electron chi connectivity index (χ1n) is 7.64. The van der Waals surface area contributed by atoms with E-state index < -0.39 is 11.4 Å². The summed E-state index contributed by atoms with van der Waals surface area (Å²) in [7, 11) is 0. The quantitative estimate of drug-likeness (QED) is 0.855. The number of carboxylic acids is 1. The SMILES string of the molecule is CCCC1(C(=O)O)CCN(C(=O)C2CCOC2C)CC1. The number of carbonyl (C=O) groups excluding carboxylic acids is 1. The van der Waals surface area contributed by atoms with Crippen molar-refractivity contribution in [2.24, 2.45) is 11.3 Å². The Kier molecular flexibility index (Phi) is 4.68. The standard InChI is InChI=1S/C15H25NO4/c1-3-5-15(14(18)19)6-8-16(9-7-15)13(17)12-4-10-20-11(12)2/h11-12H,3-10H2,1-2H3,(H,18,19). The summed E-state index contributed by atoms with van der Waals surface area (Å²) in [5.41, 5.74) is -0.622. The van der Waals surface area contributed by atoms with Crippen LogP contribution in [-0.4, -0.2) is 47.7 Å². The first-order chi connectivity index (χ1) is 9.50. The van der Waals surface area contributed by atoms with Crippen LogP contribution in [0.15, 0.2) is 0 Å². The van der Waals surface area contributed by atoms with Crippen molar-refractivity contribution >= 4 is 11.9 Å². The van der Waals surface area contributed by atoms with E-state index in [1.54, 1.807) is 0 Å². The fourth-order valence-corrected chi connectivity index (χ4v) is 3.50. The number of aliphatic carboxylic acids is 1. The zero-order valence-electron chi connectivity index (χ0n) is 12.4. The van der Waals surface area contributed by atoms with Crippen molar-refractivity contribution in [2.75, 3.05) is 19.7 Å². The van der Waals surface area contributed by atoms with Gasteiger partial charge in [0.05, 0.1) is 17.4 Å². The second-order valence-electron chi connectivity index (χ2n) is 6.13. The van der Waals surface area contributed by atoms with Gasteiger partial charge in [0.15, 0.2) is 0 Å². The van der Waals surface area contributed by atoms with Gasteiger partial charge in [-0.15, -0.1) is 0 Å². The van der Waals surface area contributed by atoms with Gasteiger partial charge in [-0.2, -0.15) is 0 Å². The maximum atomic E-state index is 12.4. The Morgan fingerprint density at radius 1 is 1.35 bits per heavy atom. The monoisotopic (exact) mass is 283 g/mol. The van der Waals surface area contributed by atoms with Crippen LogP contribution in [0.4, 0.5) is 0 Å². The molecule has 0 aliphatic carbocycles. The third-order valence-electron chi connectivity index (χ3n) is 4.91. The molecule has 2 heterocycles. The highest BCUT2D eigenvalue weighted by Crippen LogP contribution is 2.37. The summed E-state index contributed by atoms with van der Waals surface area (Å²) in [6, 6.07) is 0. The number of rotatable bonds is 4. The Balaban J connectivity index is 1.96. The van der Waals surface area contributed by atoms with Gasteiger partial charge in [-0.3, -0.25) is 9.59 Å². The van der Waals surface area contributed by atoms with E-state index in [0.717, 1.165) is 12.8 Å². The normalized spacial score (nSPS) is 29.4. The van der Waals surface area contributed by atoms with Crippen LogP contribution < -0.4 is 0 Å². The van der Waals surface area contributed by atoms with Gasteiger partial charge >= 0.3 is 5.97 Å². The van der Waals surface area contributed by atoms with Crippen molar-refractivity contribution < 1.29 is 19.4 Å². The summed E-state index contributed by atoms with van der Waals surface area (Å²) in [5.74, 6) is -0.604. The second-order valence-corrected chi connectivity index (χ2v) is 6.13. The van der Waals surface area contributed by atoms with Crippen LogP contribution in [0.2, 0.25) is 0 Å². The fraction of sp³-hybridized carbons (Fsp3) is 0.867. The minimum Gasteiger partial charge on any atom is -0.481 e. The average molecular weight is 283 g/mol. The molecule has 0 radical (unpaired) electrons. The Hall–Kier alpha value is -1.10. The summed E-state index contributed by atoms with van der Waals surface area (Å²) < 4.78 is 5.45. The van der Waals surface area contributed by atoms with E-state index in [1.807, 2.05) is 18.7 Å². The fourth-order valence-electron chi connectivity index (χ4n) is 3.50. The molecule has 2 aliphatic heterocycles. The molecule has 2 aliphatic rings. The van der Waals surface area contributed by atoms with Gasteiger partial charge < -0.3 is 14.7 Å². The van der Waals surface area contributed by atoms with Crippen molar-refractivity contribution in [3.8, 4) is 0 Å². The molecule has 0 aromatic heterocycles. The van der Waals surface area contributed by atoms with Gasteiger partial charge in [0.1, 0.15) is 0 Å². The smallest absolute Gasteiger partial charge is 0.309 e. The van der Waals surface area contributed by atoms with Gasteiger partial charge in [0.2, 0.25) is 5.91 Å². The summed E-state index contributed by atoms with van der Waals surface area (Å²) in [6.07, 6.45) is 3.49. The average Bonchev–Trinajstić information content (AvgIpc) is 2.85. The maximum Gasteiger partial charge on any atom is 0.309 e.